The van der Waals surface area contributed by atoms with Crippen LogP contribution in [0.4, 0.5) is 17.1 Å². The first-order chi connectivity index (χ1) is 26.1. The Morgan fingerprint density at radius 3 is 2.17 bits per heavy atom. The lowest BCUT2D eigenvalue weighted by Gasteiger charge is -2.35. The predicted molar refractivity (Wildman–Crippen MR) is 225 cm³/mol. The number of hydrogen-bond acceptors (Lipinski definition) is 1. The van der Waals surface area contributed by atoms with Gasteiger partial charge in [0.1, 0.15) is 0 Å². The summed E-state index contributed by atoms with van der Waals surface area (Å²) >= 11 is 0. The van der Waals surface area contributed by atoms with E-state index in [-0.39, 0.29) is 5.41 Å². The lowest BCUT2D eigenvalue weighted by Crippen LogP contribution is -2.26. The molecule has 0 atom stereocenters. The van der Waals surface area contributed by atoms with E-state index in [1.807, 2.05) is 0 Å². The zero-order valence-corrected chi connectivity index (χ0v) is 30.0. The van der Waals surface area contributed by atoms with E-state index in [9.17, 15) is 0 Å². The van der Waals surface area contributed by atoms with E-state index in [1.54, 1.807) is 0 Å². The fraction of sp³-hybridized carbons (Fsp3) is 0.0980. The average molecular weight is 679 g/mol. The zero-order chi connectivity index (χ0) is 35.3. The van der Waals surface area contributed by atoms with Crippen molar-refractivity contribution < 1.29 is 0 Å². The Morgan fingerprint density at radius 1 is 0.566 bits per heavy atom. The highest BCUT2D eigenvalue weighted by molar-refractivity contribution is 6.15. The number of anilines is 3. The minimum absolute atomic E-state index is 0.187. The van der Waals surface area contributed by atoms with Crippen LogP contribution in [0.15, 0.2) is 164 Å². The number of aromatic nitrogens is 1. The van der Waals surface area contributed by atoms with Crippen molar-refractivity contribution in [1.82, 2.24) is 4.57 Å². The third-order valence-corrected chi connectivity index (χ3v) is 12.0. The molecule has 1 aliphatic heterocycles. The maximum atomic E-state index is 2.53. The fourth-order valence-electron chi connectivity index (χ4n) is 9.43. The van der Waals surface area contributed by atoms with Gasteiger partial charge in [0.2, 0.25) is 0 Å². The van der Waals surface area contributed by atoms with Crippen molar-refractivity contribution >= 4 is 66.5 Å². The van der Waals surface area contributed by atoms with E-state index in [0.29, 0.717) is 0 Å². The van der Waals surface area contributed by atoms with E-state index in [1.165, 1.54) is 93.8 Å². The smallest absolute Gasteiger partial charge is 0.0582 e. The van der Waals surface area contributed by atoms with Crippen molar-refractivity contribution in [3.63, 3.8) is 0 Å². The van der Waals surface area contributed by atoms with Gasteiger partial charge in [-0.2, -0.15) is 0 Å². The van der Waals surface area contributed by atoms with E-state index in [4.69, 9.17) is 0 Å². The number of nitrogens with zero attached hydrogens (tertiary/aromatic N) is 2. The summed E-state index contributed by atoms with van der Waals surface area (Å²) in [5.74, 6) is 0. The first kappa shape index (κ1) is 30.3. The van der Waals surface area contributed by atoms with Gasteiger partial charge in [0.25, 0.3) is 0 Å². The molecule has 0 amide bonds. The SMILES string of the molecule is CC1(C)c2ccccc2-n2c3ccc(N(c4cccc5c4C=CCC5)c4cccc5ccccc45)cc3c3cc(-c4cccc5ccccc45)cc1c32. The number of aryl methyl sites for hydroxylation is 1. The second-order valence-electron chi connectivity index (χ2n) is 15.3. The van der Waals surface area contributed by atoms with Crippen LogP contribution >= 0.6 is 0 Å². The molecular weight excluding hydrogens is 641 g/mol. The van der Waals surface area contributed by atoms with Crippen molar-refractivity contribution in [3.05, 3.63) is 186 Å². The Hall–Kier alpha value is -6.38. The highest BCUT2D eigenvalue weighted by Gasteiger charge is 2.36. The van der Waals surface area contributed by atoms with Crippen LogP contribution in [0.3, 0.4) is 0 Å². The number of benzene rings is 8. The van der Waals surface area contributed by atoms with Crippen LogP contribution in [-0.2, 0) is 11.8 Å². The summed E-state index contributed by atoms with van der Waals surface area (Å²) < 4.78 is 2.53. The topological polar surface area (TPSA) is 8.17 Å². The van der Waals surface area contributed by atoms with Crippen molar-refractivity contribution in [2.45, 2.75) is 32.1 Å². The number of rotatable bonds is 4. The molecule has 0 fully saturated rings. The molecular formula is C51H38N2. The van der Waals surface area contributed by atoms with E-state index in [2.05, 4.69) is 193 Å². The average Bonchev–Trinajstić information content (AvgIpc) is 3.54. The number of allylic oxidation sites excluding steroid dienone is 1. The van der Waals surface area contributed by atoms with Crippen LogP contribution in [0.2, 0.25) is 0 Å². The third-order valence-electron chi connectivity index (χ3n) is 12.0. The Kier molecular flexibility index (Phi) is 6.46. The molecule has 2 aliphatic rings. The molecule has 2 nitrogen and oxygen atoms in total. The van der Waals surface area contributed by atoms with Gasteiger partial charge >= 0.3 is 0 Å². The van der Waals surface area contributed by atoms with Gasteiger partial charge < -0.3 is 9.47 Å². The normalized spacial score (nSPS) is 14.2. The summed E-state index contributed by atoms with van der Waals surface area (Å²) in [6, 6.07) is 58.9. The molecule has 0 saturated carbocycles. The molecule has 9 aromatic rings. The highest BCUT2D eigenvalue weighted by atomic mass is 15.1. The minimum Gasteiger partial charge on any atom is -0.309 e. The van der Waals surface area contributed by atoms with Crippen molar-refractivity contribution in [1.29, 1.82) is 0 Å². The van der Waals surface area contributed by atoms with Gasteiger partial charge in [0, 0.05) is 32.8 Å². The summed E-state index contributed by atoms with van der Waals surface area (Å²) in [5, 5.41) is 7.57. The molecule has 53 heavy (non-hydrogen) atoms. The Balaban J connectivity index is 1.25. The standard InChI is InChI=1S/C51H38N2/c1-51(2)44-24-9-10-25-49(44)53-48-29-28-37(32-42(48)43-30-36(31-45(51)50(43)53)39-23-11-17-33-14-3-6-20-38(33)39)52(46-26-12-18-34-15-4-7-21-40(34)46)47-27-13-19-35-16-5-8-22-41(35)47/h3-4,6-15,17-32H,5,16H2,1-2H3. The highest BCUT2D eigenvalue weighted by Crippen LogP contribution is 2.51. The lowest BCUT2D eigenvalue weighted by atomic mass is 9.74. The number of hydrogen-bond donors (Lipinski definition) is 0. The quantitative estimate of drug-likeness (QED) is 0.180. The van der Waals surface area contributed by atoms with Crippen molar-refractivity contribution in [2.75, 3.05) is 4.90 Å². The Labute approximate surface area is 309 Å². The first-order valence-electron chi connectivity index (χ1n) is 18.8. The lowest BCUT2D eigenvalue weighted by molar-refractivity contribution is 0.630. The molecule has 0 spiro atoms. The predicted octanol–water partition coefficient (Wildman–Crippen LogP) is 13.8. The van der Waals surface area contributed by atoms with Gasteiger partial charge in [0.15, 0.2) is 0 Å². The van der Waals surface area contributed by atoms with Gasteiger partial charge in [-0.15, -0.1) is 0 Å². The van der Waals surface area contributed by atoms with Crippen molar-refractivity contribution in [3.8, 4) is 16.8 Å². The first-order valence-corrected chi connectivity index (χ1v) is 18.8. The van der Waals surface area contributed by atoms with Crippen LogP contribution in [0.1, 0.15) is 42.5 Å². The Morgan fingerprint density at radius 2 is 1.28 bits per heavy atom. The summed E-state index contributed by atoms with van der Waals surface area (Å²) in [4.78, 5) is 2.51. The molecule has 0 bridgehead atoms. The second kappa shape index (κ2) is 11.3. The minimum atomic E-state index is -0.187. The monoisotopic (exact) mass is 678 g/mol. The molecule has 0 N–H and O–H groups in total. The van der Waals surface area contributed by atoms with Gasteiger partial charge in [-0.3, -0.25) is 0 Å². The van der Waals surface area contributed by atoms with Gasteiger partial charge in [-0.1, -0.05) is 135 Å². The number of fused-ring (bicyclic) bond motifs is 8. The molecule has 0 saturated heterocycles. The van der Waals surface area contributed by atoms with Crippen LogP contribution in [0.5, 0.6) is 0 Å². The molecule has 1 aliphatic carbocycles. The molecule has 252 valence electrons. The van der Waals surface area contributed by atoms with Crippen LogP contribution in [0.25, 0.3) is 66.2 Å². The summed E-state index contributed by atoms with van der Waals surface area (Å²) in [5.41, 5.74) is 15.1. The van der Waals surface area contributed by atoms with Gasteiger partial charge in [0.05, 0.1) is 28.1 Å². The van der Waals surface area contributed by atoms with E-state index in [0.717, 1.165) is 18.5 Å². The summed E-state index contributed by atoms with van der Waals surface area (Å²) in [6.45, 7) is 4.79. The summed E-state index contributed by atoms with van der Waals surface area (Å²) in [6.07, 6.45) is 6.80. The summed E-state index contributed by atoms with van der Waals surface area (Å²) in [7, 11) is 0. The third kappa shape index (κ3) is 4.39. The molecule has 11 rings (SSSR count). The molecule has 0 unspecified atom stereocenters. The molecule has 2 heteroatoms. The number of para-hydroxylation sites is 1. The van der Waals surface area contributed by atoms with Gasteiger partial charge in [-0.25, -0.2) is 0 Å². The van der Waals surface area contributed by atoms with Gasteiger partial charge in [-0.05, 0) is 105 Å². The van der Waals surface area contributed by atoms with Crippen LogP contribution in [-0.4, -0.2) is 4.57 Å². The van der Waals surface area contributed by atoms with E-state index < -0.39 is 0 Å². The molecule has 0 radical (unpaired) electrons. The molecule has 1 aromatic heterocycles. The second-order valence-corrected chi connectivity index (χ2v) is 15.3. The largest absolute Gasteiger partial charge is 0.309 e. The van der Waals surface area contributed by atoms with Crippen LogP contribution < -0.4 is 4.90 Å². The zero-order valence-electron chi connectivity index (χ0n) is 30.0. The van der Waals surface area contributed by atoms with Crippen LogP contribution in [0, 0.1) is 0 Å². The van der Waals surface area contributed by atoms with E-state index >= 15 is 0 Å². The molecule has 8 aromatic carbocycles. The maximum Gasteiger partial charge on any atom is 0.0582 e. The fourth-order valence-corrected chi connectivity index (χ4v) is 9.43. The Bertz CT molecular complexity index is 2980. The molecule has 2 heterocycles. The van der Waals surface area contributed by atoms with Crippen molar-refractivity contribution in [2.24, 2.45) is 0 Å². The maximum absolute atomic E-state index is 2.53.